The first-order valence-electron chi connectivity index (χ1n) is 6.97. The lowest BCUT2D eigenvalue weighted by molar-refractivity contribution is 0.596. The molecule has 0 spiro atoms. The first-order valence-corrected chi connectivity index (χ1v) is 9.63. The molecular formula is C17H18Br2IN. The molecule has 2 aromatic rings. The van der Waals surface area contributed by atoms with E-state index in [1.807, 2.05) is 0 Å². The Morgan fingerprint density at radius 1 is 1.14 bits per heavy atom. The molecule has 1 N–H and O–H groups in total. The smallest absolute Gasteiger partial charge is 0.0588 e. The van der Waals surface area contributed by atoms with Gasteiger partial charge in [0.1, 0.15) is 0 Å². The molecule has 21 heavy (non-hydrogen) atoms. The van der Waals surface area contributed by atoms with Gasteiger partial charge in [-0.05, 0) is 83.4 Å². The summed E-state index contributed by atoms with van der Waals surface area (Å²) in [6, 6.07) is 13.3. The van der Waals surface area contributed by atoms with Gasteiger partial charge in [-0.25, -0.2) is 0 Å². The molecule has 0 aromatic heterocycles. The monoisotopic (exact) mass is 521 g/mol. The maximum absolute atomic E-state index is 3.73. The van der Waals surface area contributed by atoms with Crippen LogP contribution in [0.15, 0.2) is 45.3 Å². The molecule has 0 aliphatic rings. The minimum atomic E-state index is 0.200. The Hall–Kier alpha value is 0.0900. The number of benzene rings is 2. The van der Waals surface area contributed by atoms with Crippen LogP contribution in [0.25, 0.3) is 0 Å². The molecule has 2 aromatic carbocycles. The SMILES string of the molecule is CCCNC(c1cccc(I)c1)c1cc(Br)c(C)cc1Br. The Morgan fingerprint density at radius 3 is 2.57 bits per heavy atom. The van der Waals surface area contributed by atoms with Crippen molar-refractivity contribution in [2.24, 2.45) is 0 Å². The summed E-state index contributed by atoms with van der Waals surface area (Å²) in [6.07, 6.45) is 1.12. The van der Waals surface area contributed by atoms with Crippen molar-refractivity contribution in [1.29, 1.82) is 0 Å². The maximum Gasteiger partial charge on any atom is 0.0588 e. The van der Waals surface area contributed by atoms with Gasteiger partial charge < -0.3 is 5.32 Å². The van der Waals surface area contributed by atoms with Crippen LogP contribution < -0.4 is 5.32 Å². The zero-order valence-corrected chi connectivity index (χ0v) is 17.4. The molecule has 1 unspecified atom stereocenters. The average molecular weight is 523 g/mol. The number of aryl methyl sites for hydroxylation is 1. The molecule has 0 amide bonds. The van der Waals surface area contributed by atoms with Gasteiger partial charge in [0.2, 0.25) is 0 Å². The zero-order valence-electron chi connectivity index (χ0n) is 12.1. The minimum absolute atomic E-state index is 0.200. The molecule has 0 saturated carbocycles. The Kier molecular flexibility index (Phi) is 6.72. The molecular weight excluding hydrogens is 505 g/mol. The molecule has 0 heterocycles. The van der Waals surface area contributed by atoms with E-state index in [-0.39, 0.29) is 6.04 Å². The third-order valence-corrected chi connectivity index (χ3v) is 5.58. The largest absolute Gasteiger partial charge is 0.306 e. The van der Waals surface area contributed by atoms with E-state index in [4.69, 9.17) is 0 Å². The first-order chi connectivity index (χ1) is 10.0. The fourth-order valence-electron chi connectivity index (χ4n) is 2.27. The Labute approximate surface area is 157 Å². The van der Waals surface area contributed by atoms with E-state index in [0.29, 0.717) is 0 Å². The molecule has 1 atom stereocenters. The minimum Gasteiger partial charge on any atom is -0.306 e. The highest BCUT2D eigenvalue weighted by atomic mass is 127. The molecule has 0 saturated heterocycles. The van der Waals surface area contributed by atoms with Crippen LogP contribution in [0.5, 0.6) is 0 Å². The van der Waals surface area contributed by atoms with Crippen LogP contribution in [0, 0.1) is 10.5 Å². The van der Waals surface area contributed by atoms with Gasteiger partial charge in [0.15, 0.2) is 0 Å². The normalized spacial score (nSPS) is 12.4. The van der Waals surface area contributed by atoms with E-state index in [9.17, 15) is 0 Å². The quantitative estimate of drug-likeness (QED) is 0.460. The summed E-state index contributed by atoms with van der Waals surface area (Å²) in [5.74, 6) is 0. The molecule has 0 radical (unpaired) electrons. The van der Waals surface area contributed by atoms with Gasteiger partial charge in [0.05, 0.1) is 6.04 Å². The van der Waals surface area contributed by atoms with Crippen LogP contribution in [0.2, 0.25) is 0 Å². The van der Waals surface area contributed by atoms with Crippen LogP contribution in [-0.2, 0) is 0 Å². The molecule has 1 nitrogen and oxygen atoms in total. The molecule has 112 valence electrons. The lowest BCUT2D eigenvalue weighted by Crippen LogP contribution is -2.23. The second-order valence-corrected chi connectivity index (χ2v) is 8.02. The second-order valence-electron chi connectivity index (χ2n) is 5.07. The summed E-state index contributed by atoms with van der Waals surface area (Å²) in [4.78, 5) is 0. The summed E-state index contributed by atoms with van der Waals surface area (Å²) < 4.78 is 3.56. The Bertz CT molecular complexity index is 628. The van der Waals surface area contributed by atoms with Crippen molar-refractivity contribution in [2.45, 2.75) is 26.3 Å². The van der Waals surface area contributed by atoms with Gasteiger partial charge in [-0.2, -0.15) is 0 Å². The highest BCUT2D eigenvalue weighted by Gasteiger charge is 2.17. The van der Waals surface area contributed by atoms with Crippen molar-refractivity contribution in [3.63, 3.8) is 0 Å². The third kappa shape index (κ3) is 4.53. The maximum atomic E-state index is 3.73. The van der Waals surface area contributed by atoms with E-state index in [1.165, 1.54) is 20.3 Å². The van der Waals surface area contributed by atoms with Crippen LogP contribution in [0.3, 0.4) is 0 Å². The van der Waals surface area contributed by atoms with Gasteiger partial charge in [-0.3, -0.25) is 0 Å². The Morgan fingerprint density at radius 2 is 1.90 bits per heavy atom. The average Bonchev–Trinajstić information content (AvgIpc) is 2.44. The molecule has 4 heteroatoms. The fourth-order valence-corrected chi connectivity index (χ4v) is 3.88. The van der Waals surface area contributed by atoms with Crippen molar-refractivity contribution < 1.29 is 0 Å². The van der Waals surface area contributed by atoms with Crippen LogP contribution in [0.1, 0.15) is 36.1 Å². The van der Waals surface area contributed by atoms with E-state index in [2.05, 4.69) is 110 Å². The predicted molar refractivity (Wildman–Crippen MR) is 106 cm³/mol. The summed E-state index contributed by atoms with van der Waals surface area (Å²) in [5.41, 5.74) is 3.80. The van der Waals surface area contributed by atoms with Crippen molar-refractivity contribution >= 4 is 54.5 Å². The van der Waals surface area contributed by atoms with Gasteiger partial charge in [-0.1, -0.05) is 50.9 Å². The van der Waals surface area contributed by atoms with Crippen LogP contribution >= 0.6 is 54.5 Å². The van der Waals surface area contributed by atoms with Crippen LogP contribution in [0.4, 0.5) is 0 Å². The number of nitrogens with one attached hydrogen (secondary N) is 1. The van der Waals surface area contributed by atoms with Crippen molar-refractivity contribution in [2.75, 3.05) is 6.54 Å². The topological polar surface area (TPSA) is 12.0 Å². The van der Waals surface area contributed by atoms with E-state index in [0.717, 1.165) is 21.9 Å². The third-order valence-electron chi connectivity index (χ3n) is 3.37. The fraction of sp³-hybridized carbons (Fsp3) is 0.294. The van der Waals surface area contributed by atoms with Crippen molar-refractivity contribution in [3.8, 4) is 0 Å². The highest BCUT2D eigenvalue weighted by Crippen LogP contribution is 2.33. The van der Waals surface area contributed by atoms with Crippen molar-refractivity contribution in [3.05, 3.63) is 65.6 Å². The molecule has 0 bridgehead atoms. The Balaban J connectivity index is 2.47. The lowest BCUT2D eigenvalue weighted by Gasteiger charge is -2.22. The number of rotatable bonds is 5. The van der Waals surface area contributed by atoms with E-state index >= 15 is 0 Å². The highest BCUT2D eigenvalue weighted by molar-refractivity contribution is 14.1. The summed E-state index contributed by atoms with van der Waals surface area (Å²) in [6.45, 7) is 5.30. The summed E-state index contributed by atoms with van der Waals surface area (Å²) in [7, 11) is 0. The van der Waals surface area contributed by atoms with E-state index in [1.54, 1.807) is 0 Å². The molecule has 0 fully saturated rings. The zero-order chi connectivity index (χ0) is 15.4. The standard InChI is InChI=1S/C17H18Br2IN/c1-3-7-21-17(12-5-4-6-13(20)9-12)14-10-15(18)11(2)8-16(14)19/h4-6,8-10,17,21H,3,7H2,1-2H3. The first kappa shape index (κ1) is 17.4. The lowest BCUT2D eigenvalue weighted by atomic mass is 9.97. The van der Waals surface area contributed by atoms with Crippen LogP contribution in [-0.4, -0.2) is 6.54 Å². The molecule has 0 aliphatic carbocycles. The van der Waals surface area contributed by atoms with Gasteiger partial charge in [-0.15, -0.1) is 0 Å². The number of hydrogen-bond donors (Lipinski definition) is 1. The second kappa shape index (κ2) is 8.09. The number of halogens is 3. The molecule has 2 rings (SSSR count). The van der Waals surface area contributed by atoms with Crippen molar-refractivity contribution in [1.82, 2.24) is 5.32 Å². The summed E-state index contributed by atoms with van der Waals surface area (Å²) in [5, 5.41) is 3.66. The molecule has 0 aliphatic heterocycles. The summed E-state index contributed by atoms with van der Waals surface area (Å²) >= 11 is 9.75. The number of hydrogen-bond acceptors (Lipinski definition) is 1. The van der Waals surface area contributed by atoms with Gasteiger partial charge in [0, 0.05) is 12.5 Å². The van der Waals surface area contributed by atoms with Gasteiger partial charge in [0.25, 0.3) is 0 Å². The van der Waals surface area contributed by atoms with Gasteiger partial charge >= 0.3 is 0 Å². The predicted octanol–water partition coefficient (Wildman–Crippen LogP) is 6.21. The van der Waals surface area contributed by atoms with E-state index < -0.39 is 0 Å².